The van der Waals surface area contributed by atoms with E-state index in [1.807, 2.05) is 128 Å². The van der Waals surface area contributed by atoms with Gasteiger partial charge in [-0.3, -0.25) is 4.79 Å². The van der Waals surface area contributed by atoms with Gasteiger partial charge in [-0.2, -0.15) is 0 Å². The number of nitrogens with one attached hydrogen (secondary N) is 1. The highest BCUT2D eigenvalue weighted by molar-refractivity contribution is 6.02. The first kappa shape index (κ1) is 27.1. The van der Waals surface area contributed by atoms with Gasteiger partial charge in [0.1, 0.15) is 18.0 Å². The second-order valence-corrected chi connectivity index (χ2v) is 10.8. The van der Waals surface area contributed by atoms with E-state index in [4.69, 9.17) is 4.74 Å². The standard InChI is InChI=1S/C35H34N4O3/c1-25(2)39(35(41)36-31-18-9-12-26-11-6-7-17-30(26)31)24-33(40)38-22-21-37-20-10-19-32(37)34(38)27-13-8-16-29(23-27)42-28-14-4-3-5-15-28/h3-20,23,25,34H,21-22,24H2,1-2H3,(H,36,41)/t34-/m1/s1. The van der Waals surface area contributed by atoms with Gasteiger partial charge in [0, 0.05) is 36.4 Å². The molecular weight excluding hydrogens is 524 g/mol. The van der Waals surface area contributed by atoms with Crippen molar-refractivity contribution in [3.63, 3.8) is 0 Å². The summed E-state index contributed by atoms with van der Waals surface area (Å²) in [7, 11) is 0. The second kappa shape index (κ2) is 11.8. The number of carbonyl (C=O) groups is 2. The van der Waals surface area contributed by atoms with Crippen molar-refractivity contribution in [3.8, 4) is 11.5 Å². The number of anilines is 1. The minimum atomic E-state index is -0.310. The van der Waals surface area contributed by atoms with E-state index in [0.717, 1.165) is 33.5 Å². The van der Waals surface area contributed by atoms with E-state index in [0.29, 0.717) is 18.8 Å². The maximum absolute atomic E-state index is 14.0. The molecule has 1 aliphatic heterocycles. The molecule has 0 unspecified atom stereocenters. The molecule has 0 fully saturated rings. The minimum absolute atomic E-state index is 0.0360. The zero-order chi connectivity index (χ0) is 29.1. The van der Waals surface area contributed by atoms with Gasteiger partial charge in [-0.05, 0) is 67.3 Å². The van der Waals surface area contributed by atoms with Crippen molar-refractivity contribution in [1.82, 2.24) is 14.4 Å². The van der Waals surface area contributed by atoms with Gasteiger partial charge in [0.05, 0.1) is 11.7 Å². The van der Waals surface area contributed by atoms with Crippen LogP contribution < -0.4 is 10.1 Å². The Hall–Kier alpha value is -5.04. The zero-order valence-electron chi connectivity index (χ0n) is 23.8. The lowest BCUT2D eigenvalue weighted by atomic mass is 9.99. The number of carbonyl (C=O) groups excluding carboxylic acids is 2. The van der Waals surface area contributed by atoms with Crippen LogP contribution in [0.2, 0.25) is 0 Å². The van der Waals surface area contributed by atoms with E-state index < -0.39 is 0 Å². The Kier molecular flexibility index (Phi) is 7.64. The SMILES string of the molecule is CC(C)N(CC(=O)N1CCn2cccc2[C@H]1c1cccc(Oc2ccccc2)c1)C(=O)Nc1cccc2ccccc12. The molecule has 0 saturated carbocycles. The van der Waals surface area contributed by atoms with Gasteiger partial charge in [0.25, 0.3) is 0 Å². The molecule has 7 nitrogen and oxygen atoms in total. The topological polar surface area (TPSA) is 66.8 Å². The summed E-state index contributed by atoms with van der Waals surface area (Å²) >= 11 is 0. The fourth-order valence-corrected chi connectivity index (χ4v) is 5.62. The van der Waals surface area contributed by atoms with Crippen LogP contribution >= 0.6 is 0 Å². The summed E-state index contributed by atoms with van der Waals surface area (Å²) in [5, 5.41) is 5.05. The fraction of sp³-hybridized carbons (Fsp3) is 0.200. The van der Waals surface area contributed by atoms with Crippen molar-refractivity contribution in [2.75, 3.05) is 18.4 Å². The smallest absolute Gasteiger partial charge is 0.322 e. The summed E-state index contributed by atoms with van der Waals surface area (Å²) < 4.78 is 8.31. The number of para-hydroxylation sites is 1. The number of rotatable bonds is 7. The number of nitrogens with zero attached hydrogens (tertiary/aromatic N) is 3. The van der Waals surface area contributed by atoms with E-state index >= 15 is 0 Å². The summed E-state index contributed by atoms with van der Waals surface area (Å²) in [5.41, 5.74) is 2.70. The Morgan fingerprint density at radius 1 is 0.857 bits per heavy atom. The van der Waals surface area contributed by atoms with Crippen molar-refractivity contribution in [2.45, 2.75) is 32.5 Å². The third kappa shape index (κ3) is 5.59. The van der Waals surface area contributed by atoms with Crippen LogP contribution in [0.4, 0.5) is 10.5 Å². The first-order valence-electron chi connectivity index (χ1n) is 14.3. The van der Waals surface area contributed by atoms with Gasteiger partial charge in [0.15, 0.2) is 0 Å². The summed E-state index contributed by atoms with van der Waals surface area (Å²) in [6.45, 7) is 5.05. The number of hydrogen-bond acceptors (Lipinski definition) is 3. The Labute approximate surface area is 245 Å². The highest BCUT2D eigenvalue weighted by Crippen LogP contribution is 2.35. The normalized spacial score (nSPS) is 14.5. The van der Waals surface area contributed by atoms with E-state index in [1.54, 1.807) is 4.90 Å². The van der Waals surface area contributed by atoms with Crippen LogP contribution in [0.25, 0.3) is 10.8 Å². The number of ether oxygens (including phenoxy) is 1. The highest BCUT2D eigenvalue weighted by Gasteiger charge is 2.34. The lowest BCUT2D eigenvalue weighted by Crippen LogP contribution is -2.50. The quantitative estimate of drug-likeness (QED) is 0.228. The molecule has 7 heteroatoms. The molecule has 0 saturated heterocycles. The number of aromatic nitrogens is 1. The average molecular weight is 559 g/mol. The van der Waals surface area contributed by atoms with Crippen LogP contribution in [0.1, 0.15) is 31.1 Å². The van der Waals surface area contributed by atoms with E-state index in [2.05, 4.69) is 16.0 Å². The maximum Gasteiger partial charge on any atom is 0.322 e. The van der Waals surface area contributed by atoms with Crippen LogP contribution in [-0.2, 0) is 11.3 Å². The van der Waals surface area contributed by atoms with E-state index in [-0.39, 0.29) is 30.6 Å². The monoisotopic (exact) mass is 558 g/mol. The number of amides is 3. The van der Waals surface area contributed by atoms with Gasteiger partial charge >= 0.3 is 6.03 Å². The van der Waals surface area contributed by atoms with Crippen molar-refractivity contribution < 1.29 is 14.3 Å². The predicted octanol–water partition coefficient (Wildman–Crippen LogP) is 7.31. The Morgan fingerprint density at radius 3 is 2.43 bits per heavy atom. The molecule has 1 aromatic heterocycles. The molecule has 2 heterocycles. The zero-order valence-corrected chi connectivity index (χ0v) is 23.8. The van der Waals surface area contributed by atoms with E-state index in [9.17, 15) is 9.59 Å². The maximum atomic E-state index is 14.0. The third-order valence-electron chi connectivity index (χ3n) is 7.73. The van der Waals surface area contributed by atoms with Gasteiger partial charge in [0.2, 0.25) is 5.91 Å². The number of urea groups is 1. The van der Waals surface area contributed by atoms with Crippen LogP contribution in [0, 0.1) is 0 Å². The Morgan fingerprint density at radius 2 is 1.60 bits per heavy atom. The number of benzene rings is 4. The molecule has 0 aliphatic carbocycles. The van der Waals surface area contributed by atoms with Crippen molar-refractivity contribution >= 4 is 28.4 Å². The van der Waals surface area contributed by atoms with Crippen molar-refractivity contribution in [2.24, 2.45) is 0 Å². The van der Waals surface area contributed by atoms with Crippen molar-refractivity contribution in [1.29, 1.82) is 0 Å². The molecule has 0 bridgehead atoms. The lowest BCUT2D eigenvalue weighted by molar-refractivity contribution is -0.134. The fourth-order valence-electron chi connectivity index (χ4n) is 5.62. The second-order valence-electron chi connectivity index (χ2n) is 10.8. The molecule has 212 valence electrons. The van der Waals surface area contributed by atoms with Gasteiger partial charge in [-0.15, -0.1) is 0 Å². The minimum Gasteiger partial charge on any atom is -0.457 e. The molecule has 5 aromatic rings. The summed E-state index contributed by atoms with van der Waals surface area (Å²) in [5.74, 6) is 1.34. The largest absolute Gasteiger partial charge is 0.457 e. The third-order valence-corrected chi connectivity index (χ3v) is 7.73. The van der Waals surface area contributed by atoms with Crippen molar-refractivity contribution in [3.05, 3.63) is 127 Å². The molecule has 0 spiro atoms. The Bertz CT molecular complexity index is 1710. The highest BCUT2D eigenvalue weighted by atomic mass is 16.5. The van der Waals surface area contributed by atoms with Gasteiger partial charge < -0.3 is 24.4 Å². The van der Waals surface area contributed by atoms with Gasteiger partial charge in [-0.25, -0.2) is 4.79 Å². The molecule has 4 aromatic carbocycles. The molecule has 42 heavy (non-hydrogen) atoms. The molecule has 6 rings (SSSR count). The van der Waals surface area contributed by atoms with Crippen LogP contribution in [0.5, 0.6) is 11.5 Å². The average Bonchev–Trinajstić information content (AvgIpc) is 3.49. The predicted molar refractivity (Wildman–Crippen MR) is 166 cm³/mol. The Balaban J connectivity index is 1.25. The summed E-state index contributed by atoms with van der Waals surface area (Å²) in [6.07, 6.45) is 2.05. The summed E-state index contributed by atoms with van der Waals surface area (Å²) in [6, 6.07) is 34.6. The molecule has 3 amide bonds. The first-order valence-corrected chi connectivity index (χ1v) is 14.3. The summed E-state index contributed by atoms with van der Waals surface area (Å²) in [4.78, 5) is 31.1. The lowest BCUT2D eigenvalue weighted by Gasteiger charge is -2.39. The van der Waals surface area contributed by atoms with Crippen LogP contribution in [0.3, 0.4) is 0 Å². The number of fused-ring (bicyclic) bond motifs is 2. The molecule has 0 radical (unpaired) electrons. The van der Waals surface area contributed by atoms with Crippen LogP contribution in [-0.4, -0.2) is 45.4 Å². The van der Waals surface area contributed by atoms with Crippen LogP contribution in [0.15, 0.2) is 115 Å². The van der Waals surface area contributed by atoms with E-state index in [1.165, 1.54) is 0 Å². The number of hydrogen-bond donors (Lipinski definition) is 1. The molecular formula is C35H34N4O3. The molecule has 1 atom stereocenters. The first-order chi connectivity index (χ1) is 20.5. The molecule has 1 N–H and O–H groups in total. The van der Waals surface area contributed by atoms with Gasteiger partial charge in [-0.1, -0.05) is 66.7 Å². The molecule has 1 aliphatic rings.